The number of nitrogens with two attached hydrogens (primary N) is 1. The molecule has 92 valence electrons. The molecule has 1 aliphatic carbocycles. The smallest absolute Gasteiger partial charge is 0.336 e. The van der Waals surface area contributed by atoms with E-state index in [0.29, 0.717) is 0 Å². The average molecular weight is 230 g/mol. The molecule has 0 heterocycles. The largest absolute Gasteiger partial charge is 0.467 e. The Bertz CT molecular complexity index is 276. The first-order valence-electron chi connectivity index (χ1n) is 5.28. The fourth-order valence-corrected chi connectivity index (χ4v) is 1.62. The third-order valence-corrected chi connectivity index (χ3v) is 2.83. The quantitative estimate of drug-likeness (QED) is 0.521. The van der Waals surface area contributed by atoms with Crippen LogP contribution in [0, 0.1) is 0 Å². The highest BCUT2D eigenvalue weighted by atomic mass is 16.5. The summed E-state index contributed by atoms with van der Waals surface area (Å²) in [4.78, 5) is 22.2. The molecule has 0 aromatic rings. The van der Waals surface area contributed by atoms with Crippen molar-refractivity contribution in [3.63, 3.8) is 0 Å². The predicted octanol–water partition coefficient (Wildman–Crippen LogP) is -1.09. The molecule has 1 saturated carbocycles. The van der Waals surface area contributed by atoms with Gasteiger partial charge in [-0.15, -0.1) is 0 Å². The van der Waals surface area contributed by atoms with E-state index >= 15 is 0 Å². The number of ether oxygens (including phenoxy) is 1. The van der Waals surface area contributed by atoms with Gasteiger partial charge in [0.15, 0.2) is 6.10 Å². The van der Waals surface area contributed by atoms with Gasteiger partial charge in [-0.1, -0.05) is 0 Å². The van der Waals surface area contributed by atoms with Gasteiger partial charge < -0.3 is 20.9 Å². The van der Waals surface area contributed by atoms with Gasteiger partial charge >= 0.3 is 5.97 Å². The fraction of sp³-hybridized carbons (Fsp3) is 0.800. The lowest BCUT2D eigenvalue weighted by molar-refractivity contribution is -0.150. The van der Waals surface area contributed by atoms with Crippen molar-refractivity contribution in [2.75, 3.05) is 13.7 Å². The summed E-state index contributed by atoms with van der Waals surface area (Å²) in [5, 5.41) is 11.7. The summed E-state index contributed by atoms with van der Waals surface area (Å²) in [5.41, 5.74) is 5.49. The Morgan fingerprint density at radius 3 is 2.62 bits per heavy atom. The summed E-state index contributed by atoms with van der Waals surface area (Å²) in [6, 6.07) is 0. The zero-order chi connectivity index (χ0) is 12.2. The van der Waals surface area contributed by atoms with Crippen LogP contribution in [0.3, 0.4) is 0 Å². The van der Waals surface area contributed by atoms with E-state index in [4.69, 9.17) is 5.73 Å². The van der Waals surface area contributed by atoms with Crippen LogP contribution < -0.4 is 11.1 Å². The minimum absolute atomic E-state index is 0.137. The molecule has 16 heavy (non-hydrogen) atoms. The van der Waals surface area contributed by atoms with Crippen molar-refractivity contribution in [1.29, 1.82) is 0 Å². The maximum absolute atomic E-state index is 11.4. The summed E-state index contributed by atoms with van der Waals surface area (Å²) in [6.45, 7) is -0.137. The van der Waals surface area contributed by atoms with Crippen LogP contribution in [0.5, 0.6) is 0 Å². The second-order valence-corrected chi connectivity index (χ2v) is 4.24. The predicted molar refractivity (Wildman–Crippen MR) is 56.4 cm³/mol. The van der Waals surface area contributed by atoms with Crippen LogP contribution in [0.15, 0.2) is 0 Å². The first-order valence-corrected chi connectivity index (χ1v) is 5.28. The standard InChI is InChI=1S/C10H18N2O4/c1-16-9(15)7(13)6-12-8(14)5-10(11)3-2-4-10/h7,13H,2-6,11H2,1H3,(H,12,14). The van der Waals surface area contributed by atoms with Gasteiger partial charge in [-0.05, 0) is 19.3 Å². The van der Waals surface area contributed by atoms with Crippen LogP contribution in [0.25, 0.3) is 0 Å². The van der Waals surface area contributed by atoms with Crippen molar-refractivity contribution in [1.82, 2.24) is 5.32 Å². The van der Waals surface area contributed by atoms with E-state index in [0.717, 1.165) is 19.3 Å². The van der Waals surface area contributed by atoms with Crippen molar-refractivity contribution in [2.24, 2.45) is 5.73 Å². The third kappa shape index (κ3) is 3.46. The molecule has 1 unspecified atom stereocenters. The summed E-state index contributed by atoms with van der Waals surface area (Å²) in [7, 11) is 1.18. The van der Waals surface area contributed by atoms with Crippen LogP contribution in [0.4, 0.5) is 0 Å². The van der Waals surface area contributed by atoms with E-state index in [1.54, 1.807) is 0 Å². The van der Waals surface area contributed by atoms with Crippen LogP contribution in [0.1, 0.15) is 25.7 Å². The average Bonchev–Trinajstić information content (AvgIpc) is 2.22. The second kappa shape index (κ2) is 5.27. The zero-order valence-corrected chi connectivity index (χ0v) is 9.36. The number of aliphatic hydroxyl groups is 1. The van der Waals surface area contributed by atoms with Gasteiger partial charge in [0.2, 0.25) is 5.91 Å². The molecule has 0 bridgehead atoms. The van der Waals surface area contributed by atoms with E-state index in [2.05, 4.69) is 10.1 Å². The highest BCUT2D eigenvalue weighted by Crippen LogP contribution is 2.31. The van der Waals surface area contributed by atoms with Crippen LogP contribution in [0.2, 0.25) is 0 Å². The minimum atomic E-state index is -1.32. The van der Waals surface area contributed by atoms with Crippen molar-refractivity contribution in [3.8, 4) is 0 Å². The number of rotatable bonds is 5. The molecular formula is C10H18N2O4. The Labute approximate surface area is 94.1 Å². The van der Waals surface area contributed by atoms with E-state index in [9.17, 15) is 14.7 Å². The lowest BCUT2D eigenvalue weighted by atomic mass is 9.75. The number of esters is 1. The first-order chi connectivity index (χ1) is 7.47. The summed E-state index contributed by atoms with van der Waals surface area (Å²) in [5.74, 6) is -1.00. The topological polar surface area (TPSA) is 102 Å². The highest BCUT2D eigenvalue weighted by molar-refractivity contribution is 5.79. The van der Waals surface area contributed by atoms with E-state index in [1.165, 1.54) is 7.11 Å². The van der Waals surface area contributed by atoms with Crippen LogP contribution >= 0.6 is 0 Å². The van der Waals surface area contributed by atoms with Gasteiger partial charge in [-0.2, -0.15) is 0 Å². The molecule has 1 atom stereocenters. The van der Waals surface area contributed by atoms with Gasteiger partial charge in [-0.25, -0.2) is 4.79 Å². The monoisotopic (exact) mass is 230 g/mol. The highest BCUT2D eigenvalue weighted by Gasteiger charge is 2.34. The fourth-order valence-electron chi connectivity index (χ4n) is 1.62. The number of amides is 1. The Kier molecular flexibility index (Phi) is 4.26. The maximum atomic E-state index is 11.4. The molecule has 0 aliphatic heterocycles. The third-order valence-electron chi connectivity index (χ3n) is 2.83. The van der Waals surface area contributed by atoms with Gasteiger partial charge in [0.1, 0.15) is 0 Å². The van der Waals surface area contributed by atoms with Gasteiger partial charge in [-0.3, -0.25) is 4.79 Å². The molecule has 1 aliphatic rings. The lowest BCUT2D eigenvalue weighted by Gasteiger charge is -2.37. The Morgan fingerprint density at radius 2 is 2.19 bits per heavy atom. The molecule has 0 spiro atoms. The summed E-state index contributed by atoms with van der Waals surface area (Å²) >= 11 is 0. The maximum Gasteiger partial charge on any atom is 0.336 e. The normalized spacial score (nSPS) is 19.4. The second-order valence-electron chi connectivity index (χ2n) is 4.24. The molecular weight excluding hydrogens is 212 g/mol. The lowest BCUT2D eigenvalue weighted by Crippen LogP contribution is -2.50. The Morgan fingerprint density at radius 1 is 1.56 bits per heavy atom. The number of carbonyl (C=O) groups is 2. The van der Waals surface area contributed by atoms with Crippen molar-refractivity contribution in [3.05, 3.63) is 0 Å². The molecule has 1 rings (SSSR count). The summed E-state index contributed by atoms with van der Waals surface area (Å²) < 4.78 is 4.31. The van der Waals surface area contributed by atoms with Crippen LogP contribution in [-0.4, -0.2) is 42.3 Å². The Balaban J connectivity index is 2.22. The molecule has 6 heteroatoms. The van der Waals surface area contributed by atoms with Crippen molar-refractivity contribution in [2.45, 2.75) is 37.3 Å². The number of nitrogens with one attached hydrogen (secondary N) is 1. The molecule has 0 aromatic carbocycles. The number of carbonyl (C=O) groups excluding carboxylic acids is 2. The van der Waals surface area contributed by atoms with E-state index in [-0.39, 0.29) is 24.4 Å². The number of methoxy groups -OCH3 is 1. The zero-order valence-electron chi connectivity index (χ0n) is 9.36. The number of hydrogen-bond donors (Lipinski definition) is 3. The summed E-state index contributed by atoms with van der Waals surface area (Å²) in [6.07, 6.45) is 1.67. The Hall–Kier alpha value is -1.14. The van der Waals surface area contributed by atoms with Crippen LogP contribution in [-0.2, 0) is 14.3 Å². The van der Waals surface area contributed by atoms with Crippen molar-refractivity contribution < 1.29 is 19.4 Å². The van der Waals surface area contributed by atoms with E-state index in [1.807, 2.05) is 0 Å². The number of hydrogen-bond acceptors (Lipinski definition) is 5. The SMILES string of the molecule is COC(=O)C(O)CNC(=O)CC1(N)CCC1. The van der Waals surface area contributed by atoms with E-state index < -0.39 is 12.1 Å². The van der Waals surface area contributed by atoms with Gasteiger partial charge in [0.05, 0.1) is 13.7 Å². The van der Waals surface area contributed by atoms with Crippen molar-refractivity contribution >= 4 is 11.9 Å². The molecule has 0 radical (unpaired) electrons. The molecule has 1 fully saturated rings. The molecule has 0 aromatic heterocycles. The van der Waals surface area contributed by atoms with Gasteiger partial charge in [0.25, 0.3) is 0 Å². The number of aliphatic hydroxyl groups excluding tert-OH is 1. The first kappa shape index (κ1) is 12.9. The molecule has 6 nitrogen and oxygen atoms in total. The molecule has 0 saturated heterocycles. The van der Waals surface area contributed by atoms with Gasteiger partial charge in [0, 0.05) is 12.0 Å². The molecule has 1 amide bonds. The molecule has 4 N–H and O–H groups in total. The minimum Gasteiger partial charge on any atom is -0.467 e.